The van der Waals surface area contributed by atoms with Crippen LogP contribution in [0.2, 0.25) is 0 Å². The third-order valence-electron chi connectivity index (χ3n) is 4.30. The van der Waals surface area contributed by atoms with Gasteiger partial charge in [0.1, 0.15) is 6.10 Å². The molecule has 1 aliphatic heterocycles. The lowest BCUT2D eigenvalue weighted by atomic mass is 10.1. The molecular weight excluding hydrogens is 308 g/mol. The lowest BCUT2D eigenvalue weighted by Crippen LogP contribution is -2.46. The van der Waals surface area contributed by atoms with E-state index in [1.807, 2.05) is 17.9 Å². The number of urea groups is 1. The smallest absolute Gasteiger partial charge is 0.317 e. The lowest BCUT2D eigenvalue weighted by Gasteiger charge is -2.31. The molecule has 3 amide bonds. The van der Waals surface area contributed by atoms with Gasteiger partial charge in [-0.25, -0.2) is 9.78 Å². The summed E-state index contributed by atoms with van der Waals surface area (Å²) in [5.41, 5.74) is 0.699. The van der Waals surface area contributed by atoms with Gasteiger partial charge in [-0.1, -0.05) is 0 Å². The first kappa shape index (κ1) is 16.5. The van der Waals surface area contributed by atoms with Crippen LogP contribution < -0.4 is 15.4 Å². The number of amides is 3. The molecule has 0 unspecified atom stereocenters. The Morgan fingerprint density at radius 1 is 1.25 bits per heavy atom. The fourth-order valence-corrected chi connectivity index (χ4v) is 2.72. The molecule has 1 saturated carbocycles. The number of aromatic nitrogens is 1. The van der Waals surface area contributed by atoms with Crippen LogP contribution in [0.15, 0.2) is 18.3 Å². The van der Waals surface area contributed by atoms with Gasteiger partial charge in [0.15, 0.2) is 0 Å². The first-order valence-corrected chi connectivity index (χ1v) is 8.62. The van der Waals surface area contributed by atoms with E-state index in [2.05, 4.69) is 15.6 Å². The summed E-state index contributed by atoms with van der Waals surface area (Å²) in [6, 6.07) is 3.58. The minimum atomic E-state index is -0.00941. The fraction of sp³-hybridized carbons (Fsp3) is 0.588. The normalized spacial score (nSPS) is 18.1. The molecule has 130 valence electrons. The molecule has 7 nitrogen and oxygen atoms in total. The molecule has 7 heteroatoms. The summed E-state index contributed by atoms with van der Waals surface area (Å²) in [5, 5.41) is 5.67. The van der Waals surface area contributed by atoms with Gasteiger partial charge in [0.2, 0.25) is 11.8 Å². The van der Waals surface area contributed by atoms with Crippen molar-refractivity contribution >= 4 is 17.6 Å². The lowest BCUT2D eigenvalue weighted by molar-refractivity contribution is -0.117. The summed E-state index contributed by atoms with van der Waals surface area (Å²) < 4.78 is 5.88. The van der Waals surface area contributed by atoms with Crippen LogP contribution in [0.5, 0.6) is 5.88 Å². The number of ether oxygens (including phenoxy) is 1. The maximum absolute atomic E-state index is 11.8. The van der Waals surface area contributed by atoms with Gasteiger partial charge in [0.25, 0.3) is 0 Å². The molecule has 2 fully saturated rings. The Morgan fingerprint density at radius 3 is 2.58 bits per heavy atom. The van der Waals surface area contributed by atoms with Crippen molar-refractivity contribution in [1.29, 1.82) is 0 Å². The molecule has 1 aliphatic carbocycles. The van der Waals surface area contributed by atoms with Crippen molar-refractivity contribution in [3.8, 4) is 5.88 Å². The van der Waals surface area contributed by atoms with E-state index in [-0.39, 0.29) is 24.0 Å². The minimum absolute atomic E-state index is 0.00941. The number of likely N-dealkylation sites (tertiary alicyclic amines) is 1. The fourth-order valence-electron chi connectivity index (χ4n) is 2.72. The van der Waals surface area contributed by atoms with E-state index in [0.29, 0.717) is 31.2 Å². The summed E-state index contributed by atoms with van der Waals surface area (Å²) in [7, 11) is 0. The van der Waals surface area contributed by atoms with Crippen molar-refractivity contribution in [3.63, 3.8) is 0 Å². The second kappa shape index (κ2) is 7.51. The topological polar surface area (TPSA) is 83.6 Å². The maximum atomic E-state index is 11.8. The van der Waals surface area contributed by atoms with Crippen LogP contribution in [0.1, 0.15) is 32.6 Å². The summed E-state index contributed by atoms with van der Waals surface area (Å²) in [6.45, 7) is 3.93. The molecule has 2 heterocycles. The van der Waals surface area contributed by atoms with E-state index in [4.69, 9.17) is 4.74 Å². The van der Waals surface area contributed by atoms with Crippen LogP contribution in [-0.4, -0.2) is 47.6 Å². The molecule has 0 bridgehead atoms. The van der Waals surface area contributed by atoms with Crippen LogP contribution in [-0.2, 0) is 4.79 Å². The number of piperidine rings is 1. The molecule has 1 aromatic heterocycles. The third kappa shape index (κ3) is 4.37. The zero-order chi connectivity index (χ0) is 16.9. The highest BCUT2D eigenvalue weighted by Crippen LogP contribution is 2.30. The minimum Gasteiger partial charge on any atom is -0.474 e. The zero-order valence-electron chi connectivity index (χ0n) is 14.0. The SMILES string of the molecule is CCNC(=O)N1CCC(Oc2ccc(NC(=O)C3CC3)cn2)CC1. The number of nitrogens with one attached hydrogen (secondary N) is 2. The molecule has 2 aliphatic rings. The Morgan fingerprint density at radius 2 is 2.00 bits per heavy atom. The molecule has 24 heavy (non-hydrogen) atoms. The Labute approximate surface area is 141 Å². The van der Waals surface area contributed by atoms with Crippen LogP contribution in [0.25, 0.3) is 0 Å². The Hall–Kier alpha value is -2.31. The molecule has 2 N–H and O–H groups in total. The van der Waals surface area contributed by atoms with Crippen LogP contribution in [0.4, 0.5) is 10.5 Å². The van der Waals surface area contributed by atoms with E-state index in [1.54, 1.807) is 12.3 Å². The maximum Gasteiger partial charge on any atom is 0.317 e. The molecular formula is C17H24N4O3. The summed E-state index contributed by atoms with van der Waals surface area (Å²) in [4.78, 5) is 29.5. The average molecular weight is 332 g/mol. The molecule has 0 atom stereocenters. The molecule has 1 saturated heterocycles. The van der Waals surface area contributed by atoms with Gasteiger partial charge in [0.05, 0.1) is 11.9 Å². The Bertz CT molecular complexity index is 578. The Balaban J connectivity index is 1.45. The second-order valence-electron chi connectivity index (χ2n) is 6.29. The first-order chi connectivity index (χ1) is 11.7. The molecule has 1 aromatic rings. The van der Waals surface area contributed by atoms with Crippen LogP contribution in [0.3, 0.4) is 0 Å². The number of carbonyl (C=O) groups excluding carboxylic acids is 2. The highest BCUT2D eigenvalue weighted by Gasteiger charge is 2.29. The van der Waals surface area contributed by atoms with Crippen LogP contribution >= 0.6 is 0 Å². The van der Waals surface area contributed by atoms with Gasteiger partial charge in [-0.3, -0.25) is 4.79 Å². The molecule has 0 radical (unpaired) electrons. The predicted molar refractivity (Wildman–Crippen MR) is 89.9 cm³/mol. The second-order valence-corrected chi connectivity index (χ2v) is 6.29. The highest BCUT2D eigenvalue weighted by atomic mass is 16.5. The zero-order valence-corrected chi connectivity index (χ0v) is 14.0. The van der Waals surface area contributed by atoms with Crippen molar-refractivity contribution in [1.82, 2.24) is 15.2 Å². The number of rotatable bonds is 5. The molecule has 0 aromatic carbocycles. The molecule has 3 rings (SSSR count). The van der Waals surface area contributed by atoms with Crippen molar-refractivity contribution in [2.45, 2.75) is 38.7 Å². The van der Waals surface area contributed by atoms with Gasteiger partial charge < -0.3 is 20.3 Å². The molecule has 0 spiro atoms. The number of pyridine rings is 1. The predicted octanol–water partition coefficient (Wildman–Crippen LogP) is 2.00. The van der Waals surface area contributed by atoms with E-state index in [9.17, 15) is 9.59 Å². The first-order valence-electron chi connectivity index (χ1n) is 8.62. The Kier molecular flexibility index (Phi) is 5.17. The van der Waals surface area contributed by atoms with Crippen molar-refractivity contribution in [2.24, 2.45) is 5.92 Å². The van der Waals surface area contributed by atoms with Gasteiger partial charge in [-0.05, 0) is 25.8 Å². The summed E-state index contributed by atoms with van der Waals surface area (Å²) in [6.07, 6.45) is 5.23. The summed E-state index contributed by atoms with van der Waals surface area (Å²) in [5.74, 6) is 0.801. The number of hydrogen-bond acceptors (Lipinski definition) is 4. The van der Waals surface area contributed by atoms with Crippen molar-refractivity contribution in [2.75, 3.05) is 25.0 Å². The van der Waals surface area contributed by atoms with Crippen molar-refractivity contribution < 1.29 is 14.3 Å². The van der Waals surface area contributed by atoms with E-state index >= 15 is 0 Å². The van der Waals surface area contributed by atoms with E-state index < -0.39 is 0 Å². The van der Waals surface area contributed by atoms with Crippen LogP contribution in [0, 0.1) is 5.92 Å². The monoisotopic (exact) mass is 332 g/mol. The third-order valence-corrected chi connectivity index (χ3v) is 4.30. The van der Waals surface area contributed by atoms with Gasteiger partial charge in [0, 0.05) is 44.5 Å². The summed E-state index contributed by atoms with van der Waals surface area (Å²) >= 11 is 0. The van der Waals surface area contributed by atoms with Gasteiger partial charge in [-0.15, -0.1) is 0 Å². The number of nitrogens with zero attached hydrogens (tertiary/aromatic N) is 2. The average Bonchev–Trinajstić information content (AvgIpc) is 3.42. The highest BCUT2D eigenvalue weighted by molar-refractivity contribution is 5.93. The van der Waals surface area contributed by atoms with Gasteiger partial charge in [-0.2, -0.15) is 0 Å². The quantitative estimate of drug-likeness (QED) is 0.864. The van der Waals surface area contributed by atoms with Gasteiger partial charge >= 0.3 is 6.03 Å². The van der Waals surface area contributed by atoms with Crippen molar-refractivity contribution in [3.05, 3.63) is 18.3 Å². The number of carbonyl (C=O) groups is 2. The number of anilines is 1. The van der Waals surface area contributed by atoms with E-state index in [1.165, 1.54) is 0 Å². The standard InChI is InChI=1S/C17H24N4O3/c1-2-18-17(23)21-9-7-14(8-10-21)24-15-6-5-13(11-19-15)20-16(22)12-3-4-12/h5-6,11-12,14H,2-4,7-10H2,1H3,(H,18,23)(H,20,22). The van der Waals surface area contributed by atoms with E-state index in [0.717, 1.165) is 25.7 Å². The largest absolute Gasteiger partial charge is 0.474 e. The number of hydrogen-bond donors (Lipinski definition) is 2.